The third-order valence-electron chi connectivity index (χ3n) is 4.69. The molecular weight excluding hydrogens is 436 g/mol. The number of nitrogens with one attached hydrogen (secondary N) is 1. The van der Waals surface area contributed by atoms with Gasteiger partial charge >= 0.3 is 0 Å². The maximum Gasteiger partial charge on any atom is 0.247 e. The number of para-hydroxylation sites is 1. The Labute approximate surface area is 175 Å². The summed E-state index contributed by atoms with van der Waals surface area (Å²) < 4.78 is 4.03. The second-order valence-corrected chi connectivity index (χ2v) is 7.96. The molecule has 0 fully saturated rings. The summed E-state index contributed by atoms with van der Waals surface area (Å²) in [4.78, 5) is 22.2. The fraction of sp³-hybridized carbons (Fsp3) is 0.316. The first-order chi connectivity index (χ1) is 13.8. The summed E-state index contributed by atoms with van der Waals surface area (Å²) in [5, 5.41) is 12.5. The van der Waals surface area contributed by atoms with Crippen molar-refractivity contribution >= 4 is 38.4 Å². The van der Waals surface area contributed by atoms with Gasteiger partial charge in [0.05, 0.1) is 17.3 Å². The molecule has 9 nitrogen and oxygen atoms in total. The average Bonchev–Trinajstić information content (AvgIpc) is 3.32. The molecule has 0 unspecified atom stereocenters. The lowest BCUT2D eigenvalue weighted by atomic mass is 10.0. The molecule has 0 aliphatic heterocycles. The van der Waals surface area contributed by atoms with Crippen LogP contribution in [-0.4, -0.2) is 41.8 Å². The molecule has 3 heterocycles. The van der Waals surface area contributed by atoms with E-state index in [9.17, 15) is 4.79 Å². The number of hydrogen-bond acceptors (Lipinski definition) is 6. The van der Waals surface area contributed by atoms with Crippen molar-refractivity contribution in [2.24, 2.45) is 12.8 Å². The number of nitrogens with zero attached hydrogens (tertiary/aromatic N) is 6. The Kier molecular flexibility index (Phi) is 4.83. The SMILES string of the molecule is CCCNC(=O)[C@@](C)(N)c1nc2c(Br)cccc2c2nc(-c3cnn(C)c3)nn12. The van der Waals surface area contributed by atoms with Crippen LogP contribution >= 0.6 is 15.9 Å². The van der Waals surface area contributed by atoms with E-state index in [4.69, 9.17) is 15.7 Å². The van der Waals surface area contributed by atoms with Gasteiger partial charge in [-0.3, -0.25) is 9.48 Å². The minimum Gasteiger partial charge on any atom is -0.354 e. The molecular formula is C19H21BrN8O. The first kappa shape index (κ1) is 19.5. The van der Waals surface area contributed by atoms with Crippen molar-refractivity contribution in [3.05, 3.63) is 40.9 Å². The summed E-state index contributed by atoms with van der Waals surface area (Å²) in [5.41, 5.74) is 7.09. The molecule has 3 aromatic heterocycles. The van der Waals surface area contributed by atoms with Crippen LogP contribution in [0, 0.1) is 0 Å². The molecule has 4 aromatic rings. The van der Waals surface area contributed by atoms with Crippen LogP contribution < -0.4 is 11.1 Å². The second-order valence-electron chi connectivity index (χ2n) is 7.10. The maximum absolute atomic E-state index is 12.8. The number of halogens is 1. The molecule has 1 aromatic carbocycles. The van der Waals surface area contributed by atoms with Gasteiger partial charge in [-0.05, 0) is 41.4 Å². The van der Waals surface area contributed by atoms with Crippen LogP contribution in [0.15, 0.2) is 35.1 Å². The van der Waals surface area contributed by atoms with E-state index in [-0.39, 0.29) is 5.91 Å². The van der Waals surface area contributed by atoms with Gasteiger partial charge in [-0.15, -0.1) is 5.10 Å². The molecule has 29 heavy (non-hydrogen) atoms. The molecule has 1 atom stereocenters. The number of amides is 1. The first-order valence-corrected chi connectivity index (χ1v) is 10.0. The van der Waals surface area contributed by atoms with Crippen molar-refractivity contribution in [2.45, 2.75) is 25.8 Å². The van der Waals surface area contributed by atoms with Gasteiger partial charge in [-0.25, -0.2) is 9.97 Å². The van der Waals surface area contributed by atoms with Gasteiger partial charge in [0, 0.05) is 29.6 Å². The minimum atomic E-state index is -1.41. The predicted molar refractivity (Wildman–Crippen MR) is 113 cm³/mol. The van der Waals surface area contributed by atoms with E-state index in [0.717, 1.165) is 21.8 Å². The smallest absolute Gasteiger partial charge is 0.247 e. The number of carbonyl (C=O) groups is 1. The van der Waals surface area contributed by atoms with Crippen molar-refractivity contribution < 1.29 is 4.79 Å². The quantitative estimate of drug-likeness (QED) is 0.475. The average molecular weight is 457 g/mol. The fourth-order valence-corrected chi connectivity index (χ4v) is 3.57. The molecule has 10 heteroatoms. The van der Waals surface area contributed by atoms with E-state index in [2.05, 4.69) is 31.4 Å². The van der Waals surface area contributed by atoms with Gasteiger partial charge in [0.25, 0.3) is 0 Å². The number of aromatic nitrogens is 6. The van der Waals surface area contributed by atoms with Gasteiger partial charge < -0.3 is 11.1 Å². The summed E-state index contributed by atoms with van der Waals surface area (Å²) >= 11 is 3.54. The monoisotopic (exact) mass is 456 g/mol. The lowest BCUT2D eigenvalue weighted by Crippen LogP contribution is -2.51. The molecule has 3 N–H and O–H groups in total. The van der Waals surface area contributed by atoms with E-state index < -0.39 is 5.54 Å². The highest BCUT2D eigenvalue weighted by Crippen LogP contribution is 2.29. The molecule has 0 aliphatic rings. The van der Waals surface area contributed by atoms with Crippen LogP contribution in [-0.2, 0) is 17.4 Å². The molecule has 4 rings (SSSR count). The molecule has 0 saturated carbocycles. The van der Waals surface area contributed by atoms with Crippen LogP contribution in [0.1, 0.15) is 26.1 Å². The first-order valence-electron chi connectivity index (χ1n) is 9.24. The second kappa shape index (κ2) is 7.20. The standard InChI is InChI=1S/C19H21BrN8O/c1-4-8-22-18(29)19(2,21)17-24-14-12(6-5-7-13(14)20)16-25-15(26-28(16)17)11-9-23-27(3)10-11/h5-7,9-10H,4,8,21H2,1-3H3,(H,22,29)/t19-/m0/s1. The Morgan fingerprint density at radius 1 is 1.34 bits per heavy atom. The number of fused-ring (bicyclic) bond motifs is 3. The van der Waals surface area contributed by atoms with Gasteiger partial charge in [-0.2, -0.15) is 9.61 Å². The molecule has 0 spiro atoms. The van der Waals surface area contributed by atoms with E-state index in [1.165, 1.54) is 0 Å². The topological polar surface area (TPSA) is 116 Å². The number of nitrogens with two attached hydrogens (primary N) is 1. The summed E-state index contributed by atoms with van der Waals surface area (Å²) in [6.45, 7) is 4.15. The van der Waals surface area contributed by atoms with Crippen LogP contribution in [0.2, 0.25) is 0 Å². The number of carbonyl (C=O) groups excluding carboxylic acids is 1. The van der Waals surface area contributed by atoms with Gasteiger partial charge in [-0.1, -0.05) is 13.0 Å². The summed E-state index contributed by atoms with van der Waals surface area (Å²) in [6.07, 6.45) is 4.33. The van der Waals surface area contributed by atoms with Crippen molar-refractivity contribution in [1.29, 1.82) is 0 Å². The number of rotatable bonds is 5. The predicted octanol–water partition coefficient (Wildman–Crippen LogP) is 2.14. The zero-order valence-corrected chi connectivity index (χ0v) is 17.9. The minimum absolute atomic E-state index is 0.308. The fourth-order valence-electron chi connectivity index (χ4n) is 3.12. The molecule has 0 aliphatic carbocycles. The molecule has 1 amide bonds. The summed E-state index contributed by atoms with van der Waals surface area (Å²) in [7, 11) is 1.83. The van der Waals surface area contributed by atoms with Gasteiger partial charge in [0.1, 0.15) is 0 Å². The molecule has 150 valence electrons. The lowest BCUT2D eigenvalue weighted by molar-refractivity contribution is -0.126. The van der Waals surface area contributed by atoms with E-state index in [1.807, 2.05) is 38.4 Å². The Balaban J connectivity index is 2.00. The highest BCUT2D eigenvalue weighted by molar-refractivity contribution is 9.10. The van der Waals surface area contributed by atoms with Gasteiger partial charge in [0.15, 0.2) is 22.8 Å². The number of aryl methyl sites for hydroxylation is 1. The van der Waals surface area contributed by atoms with E-state index >= 15 is 0 Å². The van der Waals surface area contributed by atoms with Crippen LogP contribution in [0.25, 0.3) is 27.9 Å². The molecule has 0 bridgehead atoms. The Morgan fingerprint density at radius 2 is 2.14 bits per heavy atom. The Hall–Kier alpha value is -2.85. The van der Waals surface area contributed by atoms with Gasteiger partial charge in [0.2, 0.25) is 5.91 Å². The van der Waals surface area contributed by atoms with Crippen LogP contribution in [0.4, 0.5) is 0 Å². The Bertz CT molecular complexity index is 1230. The lowest BCUT2D eigenvalue weighted by Gasteiger charge is -2.23. The number of hydrogen-bond donors (Lipinski definition) is 2. The normalized spacial score (nSPS) is 13.7. The van der Waals surface area contributed by atoms with E-state index in [0.29, 0.717) is 29.4 Å². The number of benzene rings is 1. The van der Waals surface area contributed by atoms with Crippen molar-refractivity contribution in [3.63, 3.8) is 0 Å². The zero-order valence-electron chi connectivity index (χ0n) is 16.3. The van der Waals surface area contributed by atoms with Crippen LogP contribution in [0.3, 0.4) is 0 Å². The third-order valence-corrected chi connectivity index (χ3v) is 5.33. The van der Waals surface area contributed by atoms with Crippen molar-refractivity contribution in [1.82, 2.24) is 34.7 Å². The summed E-state index contributed by atoms with van der Waals surface area (Å²) in [5.74, 6) is 0.472. The molecule has 0 saturated heterocycles. The molecule has 0 radical (unpaired) electrons. The van der Waals surface area contributed by atoms with Crippen LogP contribution in [0.5, 0.6) is 0 Å². The maximum atomic E-state index is 12.8. The highest BCUT2D eigenvalue weighted by Gasteiger charge is 2.36. The third kappa shape index (κ3) is 3.28. The van der Waals surface area contributed by atoms with Crippen molar-refractivity contribution in [2.75, 3.05) is 6.54 Å². The largest absolute Gasteiger partial charge is 0.354 e. The van der Waals surface area contributed by atoms with Crippen molar-refractivity contribution in [3.8, 4) is 11.4 Å². The van der Waals surface area contributed by atoms with E-state index in [1.54, 1.807) is 22.3 Å². The summed E-state index contributed by atoms with van der Waals surface area (Å²) in [6, 6.07) is 5.71. The zero-order chi connectivity index (χ0) is 20.8. The Morgan fingerprint density at radius 3 is 2.83 bits per heavy atom. The highest BCUT2D eigenvalue weighted by atomic mass is 79.9.